The Balaban J connectivity index is 1.40. The van der Waals surface area contributed by atoms with Gasteiger partial charge in [-0.05, 0) is 85.3 Å². The average Bonchev–Trinajstić information content (AvgIpc) is 2.95. The largest absolute Gasteiger partial charge is 0.490 e. The highest BCUT2D eigenvalue weighted by Crippen LogP contribution is 2.29. The zero-order valence-electron chi connectivity index (χ0n) is 21.2. The summed E-state index contributed by atoms with van der Waals surface area (Å²) in [5.41, 5.74) is 4.42. The molecule has 0 bridgehead atoms. The minimum Gasteiger partial charge on any atom is -0.490 e. The van der Waals surface area contributed by atoms with Crippen molar-refractivity contribution in [2.45, 2.75) is 6.92 Å². The van der Waals surface area contributed by atoms with Gasteiger partial charge in [-0.15, -0.1) is 0 Å². The SMILES string of the molecule is CCOc1cc(C=NNC(=O)c2cccc(NC(=O)c3ccccc3Cl)c2)ccc1OC(=O)c1ccc(Cl)cc1. The molecule has 4 aromatic carbocycles. The molecule has 0 aliphatic rings. The molecular weight excluding hydrogens is 553 g/mol. The Bertz CT molecular complexity index is 1570. The average molecular weight is 576 g/mol. The van der Waals surface area contributed by atoms with E-state index in [9.17, 15) is 14.4 Å². The molecule has 202 valence electrons. The Morgan fingerprint density at radius 1 is 0.825 bits per heavy atom. The van der Waals surface area contributed by atoms with E-state index in [2.05, 4.69) is 15.8 Å². The van der Waals surface area contributed by atoms with Crippen molar-refractivity contribution in [2.24, 2.45) is 5.10 Å². The molecule has 10 heteroatoms. The summed E-state index contributed by atoms with van der Waals surface area (Å²) in [4.78, 5) is 37.7. The summed E-state index contributed by atoms with van der Waals surface area (Å²) in [6.45, 7) is 2.14. The summed E-state index contributed by atoms with van der Waals surface area (Å²) in [6, 6.07) is 24.3. The molecule has 0 saturated carbocycles. The fourth-order valence-corrected chi connectivity index (χ4v) is 3.86. The van der Waals surface area contributed by atoms with E-state index in [1.165, 1.54) is 12.3 Å². The third-order valence-corrected chi connectivity index (χ3v) is 6.01. The van der Waals surface area contributed by atoms with E-state index in [1.807, 2.05) is 0 Å². The number of ether oxygens (including phenoxy) is 2. The monoisotopic (exact) mass is 575 g/mol. The number of anilines is 1. The second-order valence-corrected chi connectivity index (χ2v) is 9.09. The van der Waals surface area contributed by atoms with Gasteiger partial charge in [-0.2, -0.15) is 5.10 Å². The van der Waals surface area contributed by atoms with E-state index in [0.717, 1.165) is 0 Å². The molecule has 4 aromatic rings. The van der Waals surface area contributed by atoms with Crippen molar-refractivity contribution in [2.75, 3.05) is 11.9 Å². The first-order valence-electron chi connectivity index (χ1n) is 12.1. The molecule has 40 heavy (non-hydrogen) atoms. The van der Waals surface area contributed by atoms with Crippen LogP contribution in [-0.4, -0.2) is 30.6 Å². The van der Waals surface area contributed by atoms with Crippen molar-refractivity contribution in [3.8, 4) is 11.5 Å². The van der Waals surface area contributed by atoms with Crippen LogP contribution in [-0.2, 0) is 0 Å². The second kappa shape index (κ2) is 13.4. The van der Waals surface area contributed by atoms with E-state index >= 15 is 0 Å². The quantitative estimate of drug-likeness (QED) is 0.101. The van der Waals surface area contributed by atoms with Crippen LogP contribution in [0.3, 0.4) is 0 Å². The van der Waals surface area contributed by atoms with Crippen LogP contribution in [0.25, 0.3) is 0 Å². The molecule has 0 heterocycles. The van der Waals surface area contributed by atoms with Crippen molar-refractivity contribution in [1.82, 2.24) is 5.43 Å². The van der Waals surface area contributed by atoms with Crippen LogP contribution in [0.1, 0.15) is 43.6 Å². The van der Waals surface area contributed by atoms with Crippen molar-refractivity contribution < 1.29 is 23.9 Å². The molecule has 2 amide bonds. The van der Waals surface area contributed by atoms with E-state index in [4.69, 9.17) is 32.7 Å². The molecule has 0 aromatic heterocycles. The first-order chi connectivity index (χ1) is 19.3. The number of nitrogens with zero attached hydrogens (tertiary/aromatic N) is 1. The van der Waals surface area contributed by atoms with Crippen LogP contribution in [0, 0.1) is 0 Å². The van der Waals surface area contributed by atoms with Crippen LogP contribution in [0.15, 0.2) is 96.1 Å². The molecule has 0 saturated heterocycles. The highest BCUT2D eigenvalue weighted by molar-refractivity contribution is 6.34. The van der Waals surface area contributed by atoms with Crippen molar-refractivity contribution in [3.63, 3.8) is 0 Å². The Kier molecular flexibility index (Phi) is 9.51. The van der Waals surface area contributed by atoms with Gasteiger partial charge in [0.25, 0.3) is 11.8 Å². The first-order valence-corrected chi connectivity index (χ1v) is 12.8. The number of carbonyl (C=O) groups excluding carboxylic acids is 3. The van der Waals surface area contributed by atoms with Gasteiger partial charge in [0, 0.05) is 16.3 Å². The Hall–Kier alpha value is -4.66. The van der Waals surface area contributed by atoms with Gasteiger partial charge in [0.05, 0.1) is 29.0 Å². The third kappa shape index (κ3) is 7.47. The van der Waals surface area contributed by atoms with Crippen LogP contribution >= 0.6 is 23.2 Å². The number of carbonyl (C=O) groups is 3. The smallest absolute Gasteiger partial charge is 0.343 e. The minimum atomic E-state index is -0.559. The number of halogens is 2. The van der Waals surface area contributed by atoms with Gasteiger partial charge in [0.2, 0.25) is 0 Å². The maximum Gasteiger partial charge on any atom is 0.343 e. The summed E-state index contributed by atoms with van der Waals surface area (Å²) in [5.74, 6) is -0.866. The number of esters is 1. The highest BCUT2D eigenvalue weighted by atomic mass is 35.5. The Morgan fingerprint density at radius 3 is 2.35 bits per heavy atom. The summed E-state index contributed by atoms with van der Waals surface area (Å²) in [6.07, 6.45) is 1.42. The van der Waals surface area contributed by atoms with E-state index in [-0.39, 0.29) is 11.3 Å². The topological polar surface area (TPSA) is 106 Å². The number of nitrogens with one attached hydrogen (secondary N) is 2. The molecule has 0 aliphatic carbocycles. The van der Waals surface area contributed by atoms with Gasteiger partial charge in [-0.1, -0.05) is 41.4 Å². The zero-order valence-corrected chi connectivity index (χ0v) is 22.7. The molecule has 0 fully saturated rings. The minimum absolute atomic E-state index is 0.235. The molecule has 0 unspecified atom stereocenters. The van der Waals surface area contributed by atoms with Gasteiger partial charge in [-0.25, -0.2) is 10.2 Å². The Morgan fingerprint density at radius 2 is 1.60 bits per heavy atom. The maximum absolute atomic E-state index is 12.6. The fourth-order valence-electron chi connectivity index (χ4n) is 3.51. The summed E-state index contributed by atoms with van der Waals surface area (Å²) in [7, 11) is 0. The van der Waals surface area contributed by atoms with Gasteiger partial charge in [0.1, 0.15) is 0 Å². The second-order valence-electron chi connectivity index (χ2n) is 8.25. The van der Waals surface area contributed by atoms with Gasteiger partial charge < -0.3 is 14.8 Å². The standard InChI is InChI=1S/C30H23Cl2N3O5/c1-2-39-27-16-19(10-15-26(27)40-30(38)20-11-13-22(31)14-12-20)18-33-35-28(36)21-6-5-7-23(17-21)34-29(37)24-8-3-4-9-25(24)32/h3-18H,2H2,1H3,(H,34,37)(H,35,36). The van der Waals surface area contributed by atoms with Crippen molar-refractivity contribution in [3.05, 3.63) is 123 Å². The Labute approximate surface area is 240 Å². The number of hydrogen-bond donors (Lipinski definition) is 2. The normalized spacial score (nSPS) is 10.7. The number of rotatable bonds is 9. The molecule has 4 rings (SSSR count). The molecule has 0 atom stereocenters. The highest BCUT2D eigenvalue weighted by Gasteiger charge is 2.14. The van der Waals surface area contributed by atoms with Gasteiger partial charge in [-0.3, -0.25) is 9.59 Å². The fraction of sp³-hybridized carbons (Fsp3) is 0.0667. The lowest BCUT2D eigenvalue weighted by Crippen LogP contribution is -2.18. The van der Waals surface area contributed by atoms with E-state index in [1.54, 1.807) is 91.9 Å². The molecule has 2 N–H and O–H groups in total. The lowest BCUT2D eigenvalue weighted by molar-refractivity contribution is 0.0728. The van der Waals surface area contributed by atoms with E-state index in [0.29, 0.717) is 44.8 Å². The molecule has 8 nitrogen and oxygen atoms in total. The summed E-state index contributed by atoms with van der Waals surface area (Å²) >= 11 is 12.0. The first kappa shape index (κ1) is 28.4. The summed E-state index contributed by atoms with van der Waals surface area (Å²) in [5, 5.41) is 7.57. The molecule has 0 aliphatic heterocycles. The maximum atomic E-state index is 12.6. The van der Waals surface area contributed by atoms with Crippen LogP contribution in [0.2, 0.25) is 10.0 Å². The lowest BCUT2D eigenvalue weighted by atomic mass is 10.1. The summed E-state index contributed by atoms with van der Waals surface area (Å²) < 4.78 is 11.1. The number of hydrogen-bond acceptors (Lipinski definition) is 6. The lowest BCUT2D eigenvalue weighted by Gasteiger charge is -2.11. The van der Waals surface area contributed by atoms with E-state index < -0.39 is 17.8 Å². The number of amides is 2. The zero-order chi connectivity index (χ0) is 28.5. The molecular formula is C30H23Cl2N3O5. The van der Waals surface area contributed by atoms with Crippen LogP contribution < -0.4 is 20.2 Å². The number of hydrazone groups is 1. The van der Waals surface area contributed by atoms with Crippen LogP contribution in [0.5, 0.6) is 11.5 Å². The van der Waals surface area contributed by atoms with Gasteiger partial charge in [0.15, 0.2) is 11.5 Å². The predicted octanol–water partition coefficient (Wildman–Crippen LogP) is 6.63. The van der Waals surface area contributed by atoms with Crippen molar-refractivity contribution >= 4 is 52.9 Å². The van der Waals surface area contributed by atoms with Crippen LogP contribution in [0.4, 0.5) is 5.69 Å². The number of benzene rings is 4. The third-order valence-electron chi connectivity index (χ3n) is 5.43. The van der Waals surface area contributed by atoms with Gasteiger partial charge >= 0.3 is 5.97 Å². The van der Waals surface area contributed by atoms with Crippen molar-refractivity contribution in [1.29, 1.82) is 0 Å². The predicted molar refractivity (Wildman–Crippen MR) is 155 cm³/mol. The molecule has 0 spiro atoms. The molecule has 0 radical (unpaired) electrons.